The lowest BCUT2D eigenvalue weighted by Gasteiger charge is -2.38. The zero-order chi connectivity index (χ0) is 17.5. The molecule has 0 aromatic heterocycles. The van der Waals surface area contributed by atoms with Crippen molar-refractivity contribution in [2.75, 3.05) is 6.54 Å². The van der Waals surface area contributed by atoms with Gasteiger partial charge in [0.05, 0.1) is 0 Å². The molecule has 1 amide bonds. The highest BCUT2D eigenvalue weighted by molar-refractivity contribution is 5.70. The largest absolute Gasteiger partial charge is 0.456 e. The van der Waals surface area contributed by atoms with E-state index in [-0.39, 0.29) is 6.61 Å². The first-order chi connectivity index (χ1) is 11.5. The molecule has 1 unspecified atom stereocenters. The summed E-state index contributed by atoms with van der Waals surface area (Å²) in [5.74, 6) is -1.04. The molecule has 7 heteroatoms. The molecule has 1 aliphatic rings. The summed E-state index contributed by atoms with van der Waals surface area (Å²) < 4.78 is 15.7. The van der Waals surface area contributed by atoms with E-state index >= 15 is 0 Å². The molecule has 1 heterocycles. The molecular weight excluding hydrogens is 314 g/mol. The van der Waals surface area contributed by atoms with Gasteiger partial charge >= 0.3 is 18.0 Å². The van der Waals surface area contributed by atoms with Crippen LogP contribution in [0, 0.1) is 0 Å². The molecule has 1 saturated heterocycles. The van der Waals surface area contributed by atoms with Crippen molar-refractivity contribution in [2.45, 2.75) is 45.6 Å². The maximum absolute atomic E-state index is 12.4. The summed E-state index contributed by atoms with van der Waals surface area (Å²) in [6.07, 6.45) is -1.13. The first kappa shape index (κ1) is 17.8. The number of ether oxygens (including phenoxy) is 3. The van der Waals surface area contributed by atoms with E-state index in [1.165, 1.54) is 18.7 Å². The maximum atomic E-state index is 12.4. The second kappa shape index (κ2) is 8.33. The molecule has 0 aliphatic carbocycles. The summed E-state index contributed by atoms with van der Waals surface area (Å²) in [6, 6.07) is 9.25. The Labute approximate surface area is 140 Å². The van der Waals surface area contributed by atoms with Crippen LogP contribution in [0.25, 0.3) is 0 Å². The molecule has 1 aliphatic heterocycles. The Kier molecular flexibility index (Phi) is 6.17. The van der Waals surface area contributed by atoms with E-state index in [2.05, 4.69) is 0 Å². The van der Waals surface area contributed by atoms with Crippen molar-refractivity contribution in [1.82, 2.24) is 4.90 Å². The van der Waals surface area contributed by atoms with Crippen LogP contribution in [-0.4, -0.2) is 41.8 Å². The van der Waals surface area contributed by atoms with Gasteiger partial charge < -0.3 is 14.2 Å². The maximum Gasteiger partial charge on any atom is 0.413 e. The minimum absolute atomic E-state index is 0.112. The third-order valence-corrected chi connectivity index (χ3v) is 3.56. The number of hydrogen-bond acceptors (Lipinski definition) is 6. The van der Waals surface area contributed by atoms with Gasteiger partial charge in [0, 0.05) is 20.4 Å². The van der Waals surface area contributed by atoms with Crippen LogP contribution in [-0.2, 0) is 30.4 Å². The smallest absolute Gasteiger partial charge is 0.413 e. The summed E-state index contributed by atoms with van der Waals surface area (Å²) in [7, 11) is 0. The Bertz CT molecular complexity index is 588. The Morgan fingerprint density at radius 1 is 1.08 bits per heavy atom. The van der Waals surface area contributed by atoms with Gasteiger partial charge in [-0.15, -0.1) is 0 Å². The highest BCUT2D eigenvalue weighted by Gasteiger charge is 2.39. The third-order valence-electron chi connectivity index (χ3n) is 3.56. The topological polar surface area (TPSA) is 82.1 Å². The fourth-order valence-corrected chi connectivity index (χ4v) is 2.57. The number of piperidine rings is 1. The second-order valence-electron chi connectivity index (χ2n) is 5.52. The summed E-state index contributed by atoms with van der Waals surface area (Å²) >= 11 is 0. The van der Waals surface area contributed by atoms with Gasteiger partial charge in [0.1, 0.15) is 6.61 Å². The summed E-state index contributed by atoms with van der Waals surface area (Å²) in [6.45, 7) is 2.99. The zero-order valence-corrected chi connectivity index (χ0v) is 13.8. The van der Waals surface area contributed by atoms with Gasteiger partial charge in [0.25, 0.3) is 0 Å². The van der Waals surface area contributed by atoms with Crippen LogP contribution in [0.1, 0.15) is 32.3 Å². The molecule has 0 radical (unpaired) electrons. The molecule has 0 bridgehead atoms. The number of carbonyl (C=O) groups is 3. The van der Waals surface area contributed by atoms with Gasteiger partial charge in [0.15, 0.2) is 6.10 Å². The molecule has 7 nitrogen and oxygen atoms in total. The van der Waals surface area contributed by atoms with E-state index in [4.69, 9.17) is 14.2 Å². The van der Waals surface area contributed by atoms with E-state index in [1.54, 1.807) is 0 Å². The lowest BCUT2D eigenvalue weighted by atomic mass is 10.1. The van der Waals surface area contributed by atoms with Gasteiger partial charge in [-0.1, -0.05) is 30.3 Å². The van der Waals surface area contributed by atoms with Crippen LogP contribution in [0.2, 0.25) is 0 Å². The van der Waals surface area contributed by atoms with Crippen molar-refractivity contribution in [3.8, 4) is 0 Å². The second-order valence-corrected chi connectivity index (χ2v) is 5.52. The lowest BCUT2D eigenvalue weighted by Crippen LogP contribution is -2.54. The SMILES string of the molecule is CC(=O)OC1[C@@H](OC(C)=O)CCCN1C(=O)OCc1ccccc1. The van der Waals surface area contributed by atoms with Gasteiger partial charge in [-0.05, 0) is 18.4 Å². The van der Waals surface area contributed by atoms with Crippen LogP contribution in [0.4, 0.5) is 4.79 Å². The van der Waals surface area contributed by atoms with Crippen LogP contribution in [0.15, 0.2) is 30.3 Å². The van der Waals surface area contributed by atoms with Crippen molar-refractivity contribution < 1.29 is 28.6 Å². The van der Waals surface area contributed by atoms with Crippen molar-refractivity contribution in [2.24, 2.45) is 0 Å². The molecule has 1 aromatic rings. The number of amides is 1. The van der Waals surface area contributed by atoms with Gasteiger partial charge in [-0.25, -0.2) is 4.79 Å². The predicted molar refractivity (Wildman–Crippen MR) is 83.7 cm³/mol. The fourth-order valence-electron chi connectivity index (χ4n) is 2.57. The zero-order valence-electron chi connectivity index (χ0n) is 13.8. The van der Waals surface area contributed by atoms with Crippen LogP contribution in [0.5, 0.6) is 0 Å². The number of carbonyl (C=O) groups excluding carboxylic acids is 3. The van der Waals surface area contributed by atoms with Gasteiger partial charge in [-0.2, -0.15) is 0 Å². The summed E-state index contributed by atoms with van der Waals surface area (Å²) in [5, 5.41) is 0. The molecular formula is C17H21NO6. The van der Waals surface area contributed by atoms with Crippen molar-refractivity contribution in [3.05, 3.63) is 35.9 Å². The third kappa shape index (κ3) is 4.97. The predicted octanol–water partition coefficient (Wildman–Crippen LogP) is 2.24. The first-order valence-electron chi connectivity index (χ1n) is 7.79. The molecule has 0 saturated carbocycles. The van der Waals surface area contributed by atoms with Crippen molar-refractivity contribution in [3.63, 3.8) is 0 Å². The number of esters is 2. The van der Waals surface area contributed by atoms with Crippen LogP contribution < -0.4 is 0 Å². The quantitative estimate of drug-likeness (QED) is 0.620. The molecule has 130 valence electrons. The Balaban J connectivity index is 2.04. The van der Waals surface area contributed by atoms with E-state index in [1.807, 2.05) is 30.3 Å². The molecule has 0 N–H and O–H groups in total. The van der Waals surface area contributed by atoms with Crippen LogP contribution >= 0.6 is 0 Å². The van der Waals surface area contributed by atoms with Gasteiger partial charge in [0.2, 0.25) is 6.23 Å². The van der Waals surface area contributed by atoms with Crippen molar-refractivity contribution >= 4 is 18.0 Å². The minimum atomic E-state index is -0.969. The fraction of sp³-hybridized carbons (Fsp3) is 0.471. The highest BCUT2D eigenvalue weighted by Crippen LogP contribution is 2.23. The number of nitrogens with zero attached hydrogens (tertiary/aromatic N) is 1. The molecule has 2 rings (SSSR count). The molecule has 24 heavy (non-hydrogen) atoms. The first-order valence-corrected chi connectivity index (χ1v) is 7.79. The number of hydrogen-bond donors (Lipinski definition) is 0. The Hall–Kier alpha value is -2.57. The van der Waals surface area contributed by atoms with E-state index in [9.17, 15) is 14.4 Å². The average molecular weight is 335 g/mol. The monoisotopic (exact) mass is 335 g/mol. The molecule has 2 atom stereocenters. The van der Waals surface area contributed by atoms with E-state index < -0.39 is 30.4 Å². The number of rotatable bonds is 4. The molecule has 1 aromatic carbocycles. The summed E-state index contributed by atoms with van der Waals surface area (Å²) in [4.78, 5) is 36.2. The van der Waals surface area contributed by atoms with Crippen LogP contribution in [0.3, 0.4) is 0 Å². The standard InChI is InChI=1S/C17H21NO6/c1-12(19)23-15-9-6-10-18(16(15)24-13(2)20)17(21)22-11-14-7-4-3-5-8-14/h3-5,7-8,15-16H,6,9-11H2,1-2H3/t15-,16?/m0/s1. The number of likely N-dealkylation sites (tertiary alicyclic amines) is 1. The molecule has 0 spiro atoms. The highest BCUT2D eigenvalue weighted by atomic mass is 16.6. The average Bonchev–Trinajstić information content (AvgIpc) is 2.54. The molecule has 1 fully saturated rings. The lowest BCUT2D eigenvalue weighted by molar-refractivity contribution is -0.185. The number of benzene rings is 1. The van der Waals surface area contributed by atoms with E-state index in [0.29, 0.717) is 19.4 Å². The normalized spacial score (nSPS) is 20.2. The Morgan fingerprint density at radius 3 is 2.38 bits per heavy atom. The Morgan fingerprint density at radius 2 is 1.75 bits per heavy atom. The minimum Gasteiger partial charge on any atom is -0.456 e. The van der Waals surface area contributed by atoms with Gasteiger partial charge in [-0.3, -0.25) is 14.5 Å². The van der Waals surface area contributed by atoms with E-state index in [0.717, 1.165) is 5.56 Å². The summed E-state index contributed by atoms with van der Waals surface area (Å²) in [5.41, 5.74) is 0.850. The van der Waals surface area contributed by atoms with Crippen molar-refractivity contribution in [1.29, 1.82) is 0 Å².